The fraction of sp³-hybridized carbons (Fsp3) is 0.316. The predicted molar refractivity (Wildman–Crippen MR) is 96.1 cm³/mol. The van der Waals surface area contributed by atoms with Gasteiger partial charge in [0, 0.05) is 31.9 Å². The Labute approximate surface area is 133 Å². The van der Waals surface area contributed by atoms with Crippen LogP contribution in [0, 0.1) is 0 Å². The molecular weight excluding hydrogens is 290 g/mol. The van der Waals surface area contributed by atoms with Gasteiger partial charge in [0.05, 0.1) is 0 Å². The maximum Gasteiger partial charge on any atom is 0.195 e. The maximum atomic E-state index is 12.7. The van der Waals surface area contributed by atoms with Crippen LogP contribution in [0.2, 0.25) is 0 Å². The molecule has 1 aliphatic carbocycles. The van der Waals surface area contributed by atoms with E-state index in [0.717, 1.165) is 25.9 Å². The zero-order chi connectivity index (χ0) is 14.9. The summed E-state index contributed by atoms with van der Waals surface area (Å²) in [6.07, 6.45) is 6.45. The molecule has 0 spiro atoms. The first-order valence-electron chi connectivity index (χ1n) is 8.03. The van der Waals surface area contributed by atoms with Crippen molar-refractivity contribution in [2.45, 2.75) is 38.1 Å². The molecule has 1 N–H and O–H groups in total. The average molecular weight is 309 g/mol. The number of rotatable bonds is 2. The molecule has 0 atom stereocenters. The van der Waals surface area contributed by atoms with Crippen LogP contribution in [0.4, 0.5) is 5.69 Å². The maximum absolute atomic E-state index is 12.7. The van der Waals surface area contributed by atoms with E-state index in [2.05, 4.69) is 17.4 Å². The van der Waals surface area contributed by atoms with Crippen molar-refractivity contribution in [2.24, 2.45) is 0 Å². The molecule has 0 saturated heterocycles. The quantitative estimate of drug-likeness (QED) is 0.662. The minimum Gasteiger partial charge on any atom is -0.382 e. The van der Waals surface area contributed by atoms with Crippen LogP contribution in [-0.4, -0.2) is 6.04 Å². The van der Waals surface area contributed by atoms with Crippen molar-refractivity contribution >= 4 is 37.2 Å². The van der Waals surface area contributed by atoms with Gasteiger partial charge in [-0.2, -0.15) is 0 Å². The highest BCUT2D eigenvalue weighted by atomic mass is 32.1. The van der Waals surface area contributed by atoms with Crippen LogP contribution in [-0.2, 0) is 0 Å². The van der Waals surface area contributed by atoms with Crippen LogP contribution >= 0.6 is 11.3 Å². The zero-order valence-electron chi connectivity index (χ0n) is 12.5. The van der Waals surface area contributed by atoms with E-state index in [1.54, 1.807) is 11.3 Å². The first-order valence-corrected chi connectivity index (χ1v) is 8.85. The second kappa shape index (κ2) is 5.73. The van der Waals surface area contributed by atoms with Gasteiger partial charge < -0.3 is 5.32 Å². The molecule has 112 valence electrons. The minimum absolute atomic E-state index is 0.150. The molecule has 0 unspecified atom stereocenters. The van der Waals surface area contributed by atoms with E-state index in [1.807, 2.05) is 30.3 Å². The van der Waals surface area contributed by atoms with Crippen molar-refractivity contribution in [3.63, 3.8) is 0 Å². The third-order valence-corrected chi connectivity index (χ3v) is 5.70. The second-order valence-corrected chi connectivity index (χ2v) is 7.20. The molecule has 22 heavy (non-hydrogen) atoms. The average Bonchev–Trinajstić information content (AvgIpc) is 2.57. The van der Waals surface area contributed by atoms with Crippen LogP contribution in [0.1, 0.15) is 32.1 Å². The summed E-state index contributed by atoms with van der Waals surface area (Å²) in [6, 6.07) is 14.7. The summed E-state index contributed by atoms with van der Waals surface area (Å²) in [6.45, 7) is 0. The fourth-order valence-corrected chi connectivity index (χ4v) is 4.43. The monoisotopic (exact) mass is 309 g/mol. The van der Waals surface area contributed by atoms with Gasteiger partial charge in [0.25, 0.3) is 0 Å². The molecule has 2 aromatic carbocycles. The Hall–Kier alpha value is -1.87. The summed E-state index contributed by atoms with van der Waals surface area (Å²) in [5.74, 6) is 0. The molecule has 3 heteroatoms. The molecule has 3 aromatic rings. The molecule has 1 aliphatic rings. The fourth-order valence-electron chi connectivity index (χ4n) is 3.38. The van der Waals surface area contributed by atoms with Gasteiger partial charge in [-0.05, 0) is 43.2 Å². The third-order valence-electron chi connectivity index (χ3n) is 4.55. The van der Waals surface area contributed by atoms with E-state index < -0.39 is 0 Å². The Morgan fingerprint density at radius 3 is 2.55 bits per heavy atom. The molecule has 0 bridgehead atoms. The Morgan fingerprint density at radius 2 is 1.68 bits per heavy atom. The van der Waals surface area contributed by atoms with E-state index in [-0.39, 0.29) is 5.43 Å². The number of fused-ring (bicyclic) bond motifs is 2. The molecule has 1 heterocycles. The zero-order valence-corrected chi connectivity index (χ0v) is 13.3. The van der Waals surface area contributed by atoms with Crippen LogP contribution in [0.15, 0.2) is 47.3 Å². The summed E-state index contributed by atoms with van der Waals surface area (Å²) in [4.78, 5) is 12.7. The molecule has 4 rings (SSSR count). The number of nitrogens with one attached hydrogen (secondary N) is 1. The topological polar surface area (TPSA) is 29.1 Å². The lowest BCUT2D eigenvalue weighted by atomic mass is 9.95. The van der Waals surface area contributed by atoms with E-state index in [1.165, 1.54) is 32.1 Å². The van der Waals surface area contributed by atoms with Crippen molar-refractivity contribution in [2.75, 3.05) is 5.32 Å². The highest BCUT2D eigenvalue weighted by Crippen LogP contribution is 2.28. The summed E-state index contributed by atoms with van der Waals surface area (Å²) in [5.41, 5.74) is 1.23. The van der Waals surface area contributed by atoms with Gasteiger partial charge in [0.2, 0.25) is 0 Å². The summed E-state index contributed by atoms with van der Waals surface area (Å²) in [7, 11) is 0. The van der Waals surface area contributed by atoms with Gasteiger partial charge in [0.1, 0.15) is 0 Å². The molecule has 1 fully saturated rings. The molecule has 0 amide bonds. The number of benzene rings is 2. The highest BCUT2D eigenvalue weighted by molar-refractivity contribution is 7.24. The van der Waals surface area contributed by atoms with Gasteiger partial charge in [-0.25, -0.2) is 0 Å². The Morgan fingerprint density at radius 1 is 0.909 bits per heavy atom. The van der Waals surface area contributed by atoms with Crippen molar-refractivity contribution in [3.8, 4) is 0 Å². The summed E-state index contributed by atoms with van der Waals surface area (Å²) in [5, 5.41) is 5.28. The van der Waals surface area contributed by atoms with Gasteiger partial charge in [-0.1, -0.05) is 31.4 Å². The van der Waals surface area contributed by atoms with Crippen LogP contribution < -0.4 is 10.7 Å². The standard InChI is InChI=1S/C19H19NOS/c21-19-15-8-4-5-9-17(15)22-18-11-10-14(12-16(18)19)20-13-6-2-1-3-7-13/h4-5,8-13,20H,1-3,6-7H2. The largest absolute Gasteiger partial charge is 0.382 e. The van der Waals surface area contributed by atoms with E-state index in [4.69, 9.17) is 0 Å². The number of hydrogen-bond donors (Lipinski definition) is 1. The molecule has 0 radical (unpaired) electrons. The molecule has 1 aromatic heterocycles. The van der Waals surface area contributed by atoms with E-state index in [9.17, 15) is 4.79 Å². The van der Waals surface area contributed by atoms with Gasteiger partial charge in [0.15, 0.2) is 5.43 Å². The highest BCUT2D eigenvalue weighted by Gasteiger charge is 2.13. The van der Waals surface area contributed by atoms with Crippen LogP contribution in [0.25, 0.3) is 20.2 Å². The minimum atomic E-state index is 0.150. The van der Waals surface area contributed by atoms with Crippen molar-refractivity contribution < 1.29 is 0 Å². The number of hydrogen-bond acceptors (Lipinski definition) is 3. The first-order chi connectivity index (χ1) is 10.8. The lowest BCUT2D eigenvalue weighted by molar-refractivity contribution is 0.463. The number of anilines is 1. The Bertz CT molecular complexity index is 877. The molecular formula is C19H19NOS. The van der Waals surface area contributed by atoms with Gasteiger partial charge in [-0.15, -0.1) is 11.3 Å². The molecule has 0 aliphatic heterocycles. The Kier molecular flexibility index (Phi) is 3.59. The lowest BCUT2D eigenvalue weighted by Gasteiger charge is -2.24. The van der Waals surface area contributed by atoms with Gasteiger partial charge >= 0.3 is 0 Å². The normalized spacial score (nSPS) is 16.2. The van der Waals surface area contributed by atoms with Crippen molar-refractivity contribution in [1.29, 1.82) is 0 Å². The smallest absolute Gasteiger partial charge is 0.195 e. The van der Waals surface area contributed by atoms with Crippen molar-refractivity contribution in [3.05, 3.63) is 52.7 Å². The third kappa shape index (κ3) is 2.50. The second-order valence-electron chi connectivity index (χ2n) is 6.12. The van der Waals surface area contributed by atoms with Crippen LogP contribution in [0.5, 0.6) is 0 Å². The first kappa shape index (κ1) is 13.8. The Balaban J connectivity index is 1.77. The van der Waals surface area contributed by atoms with Gasteiger partial charge in [-0.3, -0.25) is 4.79 Å². The van der Waals surface area contributed by atoms with Crippen molar-refractivity contribution in [1.82, 2.24) is 0 Å². The lowest BCUT2D eigenvalue weighted by Crippen LogP contribution is -2.22. The SMILES string of the molecule is O=c1c2ccccc2sc2ccc(NC3CCCCC3)cc12. The van der Waals surface area contributed by atoms with E-state index >= 15 is 0 Å². The molecule has 2 nitrogen and oxygen atoms in total. The summed E-state index contributed by atoms with van der Waals surface area (Å²) >= 11 is 1.69. The molecule has 1 saturated carbocycles. The predicted octanol–water partition coefficient (Wildman–Crippen LogP) is 5.16. The van der Waals surface area contributed by atoms with E-state index in [0.29, 0.717) is 6.04 Å². The summed E-state index contributed by atoms with van der Waals surface area (Å²) < 4.78 is 2.13. The van der Waals surface area contributed by atoms with Crippen LogP contribution in [0.3, 0.4) is 0 Å².